The van der Waals surface area contributed by atoms with Gasteiger partial charge < -0.3 is 14.6 Å². The van der Waals surface area contributed by atoms with Crippen LogP contribution in [0.5, 0.6) is 5.75 Å². The molecule has 0 fully saturated rings. The molecule has 3 aromatic rings. The highest BCUT2D eigenvalue weighted by molar-refractivity contribution is 6.08. The Bertz CT molecular complexity index is 927. The topological polar surface area (TPSA) is 43.3 Å². The molecule has 4 heteroatoms. The summed E-state index contributed by atoms with van der Waals surface area (Å²) in [6.07, 6.45) is 3.04. The lowest BCUT2D eigenvalue weighted by atomic mass is 10.1. The largest absolute Gasteiger partial charge is 0.491 e. The molecule has 2 aromatic carbocycles. The second kappa shape index (κ2) is 8.76. The summed E-state index contributed by atoms with van der Waals surface area (Å²) < 4.78 is 7.94. The zero-order chi connectivity index (χ0) is 19.2. The van der Waals surface area contributed by atoms with Crippen molar-refractivity contribution in [3.05, 3.63) is 59.8 Å². The maximum absolute atomic E-state index is 13.2. The summed E-state index contributed by atoms with van der Waals surface area (Å²) in [6.45, 7) is 7.72. The Morgan fingerprint density at radius 3 is 2.56 bits per heavy atom. The second-order valence-electron chi connectivity index (χ2n) is 6.79. The molecule has 1 N–H and O–H groups in total. The van der Waals surface area contributed by atoms with E-state index in [0.717, 1.165) is 48.0 Å². The number of para-hydroxylation sites is 3. The number of anilines is 1. The van der Waals surface area contributed by atoms with E-state index in [2.05, 4.69) is 35.9 Å². The van der Waals surface area contributed by atoms with Crippen LogP contribution in [0.2, 0.25) is 0 Å². The monoisotopic (exact) mass is 364 g/mol. The minimum atomic E-state index is -0.0904. The first-order chi connectivity index (χ1) is 13.2. The number of carbonyl (C=O) groups excluding carboxylic acids is 1. The molecule has 1 aromatic heterocycles. The standard InChI is InChI=1S/C23H28N2O2/c1-4-6-15-25-20-13-9-7-11-18(20)17(3)22(25)23(26)24-19-12-8-10-14-21(19)27-16-5-2/h7-14H,4-6,15-16H2,1-3H3,(H,24,26). The van der Waals surface area contributed by atoms with Crippen LogP contribution in [0.25, 0.3) is 10.9 Å². The summed E-state index contributed by atoms with van der Waals surface area (Å²) in [7, 11) is 0. The molecule has 0 aliphatic carbocycles. The van der Waals surface area contributed by atoms with Crippen LogP contribution >= 0.6 is 0 Å². The molecule has 0 spiro atoms. The van der Waals surface area contributed by atoms with Gasteiger partial charge in [-0.05, 0) is 43.5 Å². The summed E-state index contributed by atoms with van der Waals surface area (Å²) in [6, 6.07) is 15.8. The first kappa shape index (κ1) is 19.0. The lowest BCUT2D eigenvalue weighted by Crippen LogP contribution is -2.19. The molecule has 1 heterocycles. The van der Waals surface area contributed by atoms with Crippen LogP contribution in [0.15, 0.2) is 48.5 Å². The number of aromatic nitrogens is 1. The highest BCUT2D eigenvalue weighted by Gasteiger charge is 2.20. The number of nitrogens with one attached hydrogen (secondary N) is 1. The van der Waals surface area contributed by atoms with Crippen molar-refractivity contribution in [3.63, 3.8) is 0 Å². The van der Waals surface area contributed by atoms with Gasteiger partial charge >= 0.3 is 0 Å². The third-order valence-electron chi connectivity index (χ3n) is 4.77. The molecule has 27 heavy (non-hydrogen) atoms. The van der Waals surface area contributed by atoms with Gasteiger partial charge in [0.2, 0.25) is 0 Å². The van der Waals surface area contributed by atoms with Gasteiger partial charge in [-0.2, -0.15) is 0 Å². The molecule has 4 nitrogen and oxygen atoms in total. The minimum absolute atomic E-state index is 0.0904. The third-order valence-corrected chi connectivity index (χ3v) is 4.77. The van der Waals surface area contributed by atoms with E-state index in [1.165, 1.54) is 0 Å². The van der Waals surface area contributed by atoms with Crippen LogP contribution < -0.4 is 10.1 Å². The van der Waals surface area contributed by atoms with Gasteiger partial charge in [-0.1, -0.05) is 50.6 Å². The number of rotatable bonds is 8. The van der Waals surface area contributed by atoms with Crippen molar-refractivity contribution >= 4 is 22.5 Å². The number of carbonyl (C=O) groups is 1. The molecular weight excluding hydrogens is 336 g/mol. The molecule has 142 valence electrons. The maximum atomic E-state index is 13.2. The van der Waals surface area contributed by atoms with Crippen molar-refractivity contribution < 1.29 is 9.53 Å². The Morgan fingerprint density at radius 1 is 1.04 bits per heavy atom. The van der Waals surface area contributed by atoms with Crippen molar-refractivity contribution in [2.45, 2.75) is 46.6 Å². The fourth-order valence-corrected chi connectivity index (χ4v) is 3.41. The molecule has 0 aliphatic heterocycles. The number of fused-ring (bicyclic) bond motifs is 1. The van der Waals surface area contributed by atoms with Gasteiger partial charge in [0.05, 0.1) is 12.3 Å². The zero-order valence-electron chi connectivity index (χ0n) is 16.4. The summed E-state index contributed by atoms with van der Waals surface area (Å²) in [5.74, 6) is 0.619. The number of hydrogen-bond acceptors (Lipinski definition) is 2. The Labute approximate surface area is 161 Å². The number of unbranched alkanes of at least 4 members (excludes halogenated alkanes) is 1. The predicted octanol–water partition coefficient (Wildman–Crippen LogP) is 5.79. The third kappa shape index (κ3) is 4.00. The quantitative estimate of drug-likeness (QED) is 0.550. The second-order valence-corrected chi connectivity index (χ2v) is 6.79. The van der Waals surface area contributed by atoms with E-state index in [1.54, 1.807) is 0 Å². The Morgan fingerprint density at radius 2 is 1.78 bits per heavy atom. The van der Waals surface area contributed by atoms with Gasteiger partial charge in [-0.3, -0.25) is 4.79 Å². The number of ether oxygens (including phenoxy) is 1. The summed E-state index contributed by atoms with van der Waals surface area (Å²) in [5.41, 5.74) is 3.58. The highest BCUT2D eigenvalue weighted by Crippen LogP contribution is 2.29. The van der Waals surface area contributed by atoms with E-state index in [9.17, 15) is 4.79 Å². The van der Waals surface area contributed by atoms with Crippen LogP contribution in [0.3, 0.4) is 0 Å². The van der Waals surface area contributed by atoms with Crippen molar-refractivity contribution in [1.82, 2.24) is 4.57 Å². The zero-order valence-corrected chi connectivity index (χ0v) is 16.4. The van der Waals surface area contributed by atoms with Gasteiger partial charge in [0, 0.05) is 17.4 Å². The van der Waals surface area contributed by atoms with Crippen LogP contribution in [0.1, 0.15) is 49.2 Å². The van der Waals surface area contributed by atoms with E-state index < -0.39 is 0 Å². The first-order valence-electron chi connectivity index (χ1n) is 9.78. The van der Waals surface area contributed by atoms with Gasteiger partial charge in [-0.15, -0.1) is 0 Å². The van der Waals surface area contributed by atoms with Gasteiger partial charge in [0.15, 0.2) is 0 Å². The number of aryl methyl sites for hydroxylation is 2. The van der Waals surface area contributed by atoms with Crippen LogP contribution in [-0.2, 0) is 6.54 Å². The minimum Gasteiger partial charge on any atom is -0.491 e. The van der Waals surface area contributed by atoms with Gasteiger partial charge in [0.25, 0.3) is 5.91 Å². The first-order valence-corrected chi connectivity index (χ1v) is 9.78. The van der Waals surface area contributed by atoms with E-state index in [1.807, 2.05) is 43.3 Å². The fraction of sp³-hybridized carbons (Fsp3) is 0.348. The normalized spacial score (nSPS) is 10.9. The van der Waals surface area contributed by atoms with Crippen molar-refractivity contribution in [2.24, 2.45) is 0 Å². The van der Waals surface area contributed by atoms with Crippen LogP contribution in [-0.4, -0.2) is 17.1 Å². The molecule has 0 saturated heterocycles. The molecular formula is C23H28N2O2. The van der Waals surface area contributed by atoms with E-state index in [-0.39, 0.29) is 5.91 Å². The number of nitrogens with zero attached hydrogens (tertiary/aromatic N) is 1. The smallest absolute Gasteiger partial charge is 0.272 e. The average molecular weight is 364 g/mol. The summed E-state index contributed by atoms with van der Waals surface area (Å²) in [5, 5.41) is 4.20. The molecule has 0 aliphatic rings. The van der Waals surface area contributed by atoms with E-state index in [0.29, 0.717) is 18.0 Å². The van der Waals surface area contributed by atoms with E-state index in [4.69, 9.17) is 4.74 Å². The number of benzene rings is 2. The van der Waals surface area contributed by atoms with Gasteiger partial charge in [-0.25, -0.2) is 0 Å². The lowest BCUT2D eigenvalue weighted by Gasteiger charge is -2.14. The predicted molar refractivity (Wildman–Crippen MR) is 112 cm³/mol. The van der Waals surface area contributed by atoms with E-state index >= 15 is 0 Å². The molecule has 0 unspecified atom stereocenters. The lowest BCUT2D eigenvalue weighted by molar-refractivity contribution is 0.101. The van der Waals surface area contributed by atoms with Crippen molar-refractivity contribution in [2.75, 3.05) is 11.9 Å². The average Bonchev–Trinajstić information content (AvgIpc) is 2.98. The fourth-order valence-electron chi connectivity index (χ4n) is 3.41. The molecule has 0 atom stereocenters. The number of hydrogen-bond donors (Lipinski definition) is 1. The van der Waals surface area contributed by atoms with Crippen LogP contribution in [0, 0.1) is 6.92 Å². The van der Waals surface area contributed by atoms with Crippen molar-refractivity contribution in [3.8, 4) is 5.75 Å². The summed E-state index contributed by atoms with van der Waals surface area (Å²) in [4.78, 5) is 13.2. The SMILES string of the molecule is CCCCn1c(C(=O)Nc2ccccc2OCCC)c(C)c2ccccc21. The van der Waals surface area contributed by atoms with Crippen LogP contribution in [0.4, 0.5) is 5.69 Å². The summed E-state index contributed by atoms with van der Waals surface area (Å²) >= 11 is 0. The molecule has 0 bridgehead atoms. The molecule has 1 amide bonds. The molecule has 0 radical (unpaired) electrons. The Balaban J connectivity index is 1.98. The van der Waals surface area contributed by atoms with Gasteiger partial charge in [0.1, 0.15) is 11.4 Å². The molecule has 0 saturated carbocycles. The number of amides is 1. The maximum Gasteiger partial charge on any atom is 0.272 e. The Kier molecular flexibility index (Phi) is 6.17. The Hall–Kier alpha value is -2.75. The van der Waals surface area contributed by atoms with Crippen molar-refractivity contribution in [1.29, 1.82) is 0 Å². The molecule has 3 rings (SSSR count). The highest BCUT2D eigenvalue weighted by atomic mass is 16.5.